The highest BCUT2D eigenvalue weighted by molar-refractivity contribution is 6.01. The number of benzene rings is 1. The fourth-order valence-electron chi connectivity index (χ4n) is 4.11. The molecule has 1 aliphatic carbocycles. The highest BCUT2D eigenvalue weighted by Crippen LogP contribution is 2.43. The first kappa shape index (κ1) is 18.5. The molecular weight excluding hydrogens is 432 g/mol. The summed E-state index contributed by atoms with van der Waals surface area (Å²) in [7, 11) is 1.97. The van der Waals surface area contributed by atoms with Crippen molar-refractivity contribution < 1.29 is 13.7 Å². The highest BCUT2D eigenvalue weighted by atomic mass is 16.2. The Morgan fingerprint density at radius 2 is 2.03 bits per heavy atom. The quantitative estimate of drug-likeness (QED) is 0.513. The molecule has 176 valence electrons. The van der Waals surface area contributed by atoms with E-state index in [0.29, 0.717) is 12.2 Å². The van der Waals surface area contributed by atoms with Crippen LogP contribution in [-0.2, 0) is 11.3 Å². The first-order valence-electron chi connectivity index (χ1n) is 12.7. The predicted molar refractivity (Wildman–Crippen MR) is 130 cm³/mol. The van der Waals surface area contributed by atoms with Crippen molar-refractivity contribution in [3.63, 3.8) is 0 Å². The van der Waals surface area contributed by atoms with Gasteiger partial charge in [-0.1, -0.05) is 12.1 Å². The van der Waals surface area contributed by atoms with Gasteiger partial charge in [0.2, 0.25) is 5.91 Å². The molecule has 0 atom stereocenters. The summed E-state index contributed by atoms with van der Waals surface area (Å²) in [4.78, 5) is 27.1. The zero-order valence-electron chi connectivity index (χ0n) is 22.2. The number of nitrogens with one attached hydrogen (secondary N) is 3. The Labute approximate surface area is 202 Å². The Hall–Kier alpha value is -3.95. The van der Waals surface area contributed by atoms with Gasteiger partial charge in [-0.3, -0.25) is 14.3 Å². The summed E-state index contributed by atoms with van der Waals surface area (Å²) in [5, 5.41) is 20.6. The molecule has 2 amide bonds. The lowest BCUT2D eigenvalue weighted by atomic mass is 9.99. The molecule has 0 radical (unpaired) electrons. The first-order valence-corrected chi connectivity index (χ1v) is 11.2. The minimum Gasteiger partial charge on any atom is -0.368 e. The summed E-state index contributed by atoms with van der Waals surface area (Å²) in [5.74, 6) is -0.955. The number of rotatable bonds is 6. The van der Waals surface area contributed by atoms with Gasteiger partial charge < -0.3 is 20.9 Å². The number of amides is 2. The maximum Gasteiger partial charge on any atom is 0.273 e. The average Bonchev–Trinajstić information content (AvgIpc) is 3.57. The molecule has 0 bridgehead atoms. The van der Waals surface area contributed by atoms with Crippen LogP contribution in [0.3, 0.4) is 0 Å². The zero-order valence-corrected chi connectivity index (χ0v) is 19.2. The molecule has 0 unspecified atom stereocenters. The third kappa shape index (κ3) is 3.95. The molecule has 2 aliphatic rings. The van der Waals surface area contributed by atoms with Gasteiger partial charge in [0.25, 0.3) is 5.91 Å². The molecule has 1 aliphatic heterocycles. The third-order valence-corrected chi connectivity index (χ3v) is 6.01. The van der Waals surface area contributed by atoms with Gasteiger partial charge in [-0.15, -0.1) is 10.2 Å². The second-order valence-electron chi connectivity index (χ2n) is 8.97. The van der Waals surface area contributed by atoms with Crippen LogP contribution in [0.1, 0.15) is 52.9 Å². The van der Waals surface area contributed by atoms with Gasteiger partial charge in [-0.25, -0.2) is 0 Å². The monoisotopic (exact) mass is 463 g/mol. The smallest absolute Gasteiger partial charge is 0.273 e. The van der Waals surface area contributed by atoms with E-state index in [1.165, 1.54) is 6.07 Å². The van der Waals surface area contributed by atoms with E-state index >= 15 is 0 Å². The SMILES string of the molecule is [2H]C([2H])([2H])NC(=O)c1nnc(NC(=O)C2CC2)cc1Nc1cccc2c1N(C)Cc1cn(C(C)C)nc1-2. The number of hydrogen-bond acceptors (Lipinski definition) is 7. The van der Waals surface area contributed by atoms with Crippen molar-refractivity contribution in [2.45, 2.75) is 39.3 Å². The van der Waals surface area contributed by atoms with Crippen LogP contribution in [0.5, 0.6) is 0 Å². The van der Waals surface area contributed by atoms with Crippen molar-refractivity contribution in [1.29, 1.82) is 0 Å². The second-order valence-corrected chi connectivity index (χ2v) is 8.97. The number of hydrogen-bond donors (Lipinski definition) is 3. The molecule has 10 nitrogen and oxygen atoms in total. The molecule has 34 heavy (non-hydrogen) atoms. The molecule has 10 heteroatoms. The molecular formula is C24H28N8O2. The summed E-state index contributed by atoms with van der Waals surface area (Å²) in [5.41, 5.74) is 4.45. The lowest BCUT2D eigenvalue weighted by Crippen LogP contribution is -2.24. The average molecular weight is 464 g/mol. The van der Waals surface area contributed by atoms with E-state index in [1.54, 1.807) is 0 Å². The largest absolute Gasteiger partial charge is 0.368 e. The van der Waals surface area contributed by atoms with E-state index in [4.69, 9.17) is 9.21 Å². The molecule has 0 saturated heterocycles. The number of carbonyl (C=O) groups is 2. The van der Waals surface area contributed by atoms with Gasteiger partial charge in [-0.05, 0) is 32.8 Å². The number of carbonyl (C=O) groups excluding carboxylic acids is 2. The van der Waals surface area contributed by atoms with Gasteiger partial charge in [0, 0.05) is 60.0 Å². The fourth-order valence-corrected chi connectivity index (χ4v) is 4.11. The van der Waals surface area contributed by atoms with Crippen LogP contribution < -0.4 is 20.9 Å². The molecule has 3 aromatic rings. The van der Waals surface area contributed by atoms with Crippen LogP contribution in [-0.4, -0.2) is 45.8 Å². The van der Waals surface area contributed by atoms with Crippen molar-refractivity contribution >= 4 is 34.7 Å². The van der Waals surface area contributed by atoms with Crippen molar-refractivity contribution in [2.75, 3.05) is 29.6 Å². The molecule has 3 N–H and O–H groups in total. The van der Waals surface area contributed by atoms with Crippen LogP contribution in [0.15, 0.2) is 30.5 Å². The van der Waals surface area contributed by atoms with E-state index in [1.807, 2.05) is 35.2 Å². The van der Waals surface area contributed by atoms with Crippen molar-refractivity contribution in [1.82, 2.24) is 25.3 Å². The van der Waals surface area contributed by atoms with E-state index < -0.39 is 12.9 Å². The molecule has 1 aromatic carbocycles. The van der Waals surface area contributed by atoms with Gasteiger partial charge >= 0.3 is 0 Å². The molecule has 2 aromatic heterocycles. The van der Waals surface area contributed by atoms with E-state index in [9.17, 15) is 9.59 Å². The summed E-state index contributed by atoms with van der Waals surface area (Å²) < 4.78 is 24.2. The number of anilines is 4. The zero-order chi connectivity index (χ0) is 26.5. The molecule has 3 heterocycles. The molecule has 1 saturated carbocycles. The Kier molecular flexibility index (Phi) is 4.58. The van der Waals surface area contributed by atoms with E-state index in [-0.39, 0.29) is 35.1 Å². The Balaban J connectivity index is 1.54. The minimum absolute atomic E-state index is 0.0496. The van der Waals surface area contributed by atoms with Gasteiger partial charge in [0.15, 0.2) is 11.5 Å². The normalized spacial score (nSPS) is 16.1. The highest BCUT2D eigenvalue weighted by Gasteiger charge is 2.30. The summed E-state index contributed by atoms with van der Waals surface area (Å²) in [6.07, 6.45) is 3.69. The number of nitrogens with zero attached hydrogens (tertiary/aromatic N) is 5. The Morgan fingerprint density at radius 3 is 2.76 bits per heavy atom. The van der Waals surface area contributed by atoms with E-state index in [2.05, 4.69) is 45.8 Å². The van der Waals surface area contributed by atoms with Crippen molar-refractivity contribution in [2.24, 2.45) is 5.92 Å². The van der Waals surface area contributed by atoms with Gasteiger partial charge in [-0.2, -0.15) is 5.10 Å². The lowest BCUT2D eigenvalue weighted by molar-refractivity contribution is -0.117. The summed E-state index contributed by atoms with van der Waals surface area (Å²) in [6, 6.07) is 7.43. The number of aromatic nitrogens is 4. The second kappa shape index (κ2) is 8.44. The topological polar surface area (TPSA) is 117 Å². The summed E-state index contributed by atoms with van der Waals surface area (Å²) in [6.45, 7) is 2.08. The molecule has 1 fully saturated rings. The van der Waals surface area contributed by atoms with Crippen LogP contribution in [0, 0.1) is 5.92 Å². The fraction of sp³-hybridized carbons (Fsp3) is 0.375. The maximum atomic E-state index is 12.8. The lowest BCUT2D eigenvalue weighted by Gasteiger charge is -2.29. The van der Waals surface area contributed by atoms with Crippen LogP contribution in [0.2, 0.25) is 0 Å². The van der Waals surface area contributed by atoms with Crippen LogP contribution >= 0.6 is 0 Å². The minimum atomic E-state index is -2.70. The van der Waals surface area contributed by atoms with Gasteiger partial charge in [0.05, 0.1) is 22.8 Å². The first-order chi connectivity index (χ1) is 17.5. The van der Waals surface area contributed by atoms with E-state index in [0.717, 1.165) is 35.3 Å². The maximum absolute atomic E-state index is 12.8. The van der Waals surface area contributed by atoms with Gasteiger partial charge in [0.1, 0.15) is 0 Å². The molecule has 5 rings (SSSR count). The van der Waals surface area contributed by atoms with Crippen molar-refractivity contribution in [3.05, 3.63) is 41.7 Å². The predicted octanol–water partition coefficient (Wildman–Crippen LogP) is 3.32. The Morgan fingerprint density at radius 1 is 1.21 bits per heavy atom. The Bertz CT molecular complexity index is 1380. The molecule has 0 spiro atoms. The number of para-hydroxylation sites is 1. The van der Waals surface area contributed by atoms with Crippen molar-refractivity contribution in [3.8, 4) is 11.3 Å². The standard InChI is InChI=1S/C24H28N8O2/c1-13(2)32-12-15-11-31(4)22-16(20(15)30-32)6-5-7-17(22)26-18-10-19(27-23(33)14-8-9-14)28-29-21(18)24(34)25-3/h5-7,10,12-14H,8-9,11H2,1-4H3,(H,25,34)(H2,26,27,28,33)/i3D3. The van der Waals surface area contributed by atoms with Crippen LogP contribution in [0.25, 0.3) is 11.3 Å². The van der Waals surface area contributed by atoms with Crippen LogP contribution in [0.4, 0.5) is 22.9 Å². The summed E-state index contributed by atoms with van der Waals surface area (Å²) >= 11 is 0. The third-order valence-electron chi connectivity index (χ3n) is 6.01. The number of fused-ring (bicyclic) bond motifs is 3.